The third kappa shape index (κ3) is 6.61. The molecule has 0 N–H and O–H groups in total. The van der Waals surface area contributed by atoms with Gasteiger partial charge in [-0.2, -0.15) is 0 Å². The van der Waals surface area contributed by atoms with E-state index in [0.717, 1.165) is 100 Å². The molecular formula is C70H52N2O2. The number of benzene rings is 12. The molecule has 14 rings (SSSR count). The molecule has 0 aliphatic rings. The van der Waals surface area contributed by atoms with Crippen molar-refractivity contribution in [2.24, 2.45) is 0 Å². The molecule has 74 heavy (non-hydrogen) atoms. The second-order valence-electron chi connectivity index (χ2n) is 20.3. The van der Waals surface area contributed by atoms with Crippen molar-refractivity contribution in [3.8, 4) is 22.3 Å². The topological polar surface area (TPSA) is 32.8 Å². The minimum Gasteiger partial charge on any atom is -0.455 e. The highest BCUT2D eigenvalue weighted by molar-refractivity contribution is 6.28. The van der Waals surface area contributed by atoms with Crippen molar-refractivity contribution in [2.75, 3.05) is 9.80 Å². The number of fused-ring (bicyclic) bond motifs is 6. The van der Waals surface area contributed by atoms with E-state index in [-0.39, 0.29) is 0 Å². The third-order valence-electron chi connectivity index (χ3n) is 15.7. The highest BCUT2D eigenvalue weighted by Crippen LogP contribution is 2.52. The maximum atomic E-state index is 6.66. The summed E-state index contributed by atoms with van der Waals surface area (Å²) in [6.07, 6.45) is 0. The fourth-order valence-electron chi connectivity index (χ4n) is 12.3. The summed E-state index contributed by atoms with van der Waals surface area (Å²) in [6.45, 7) is 13.4. The first-order valence-electron chi connectivity index (χ1n) is 25.7. The minimum absolute atomic E-state index is 0.899. The SMILES string of the molecule is Cc1cccc(N(c2c(C)ccc(-c3cccc4c3oc3ccccc34)c2C)c2ccc3ccc4c(N(c5cccc(C)c5)c5c(C)ccc(-c6cccc7c6oc6ccccc67)c5C)ccc5ccc2c3c54)c1. The van der Waals surface area contributed by atoms with Crippen LogP contribution in [0, 0.1) is 41.5 Å². The molecule has 2 aromatic heterocycles. The standard InChI is InChI=1S/C70H52N2O2/c1-41-15-11-17-49(39-41)71(67-43(3)27-33-51(45(67)5)55-21-13-23-57-53-19-7-9-25-63(53)73-69(55)57)61-37-31-47-30-36-60-62(38-32-48-29-35-59(61)65(47)66(48)60)72(50-18-12-16-42(2)40-50)68-44(4)28-34-52(46(68)6)56-22-14-24-58-54-20-8-10-26-64(54)74-70(56)58/h7-40H,1-6H3. The second-order valence-corrected chi connectivity index (χ2v) is 20.3. The van der Waals surface area contributed by atoms with Crippen LogP contribution in [0.3, 0.4) is 0 Å². The first-order chi connectivity index (χ1) is 36.2. The second kappa shape index (κ2) is 16.7. The average Bonchev–Trinajstić information content (AvgIpc) is 4.04. The summed E-state index contributed by atoms with van der Waals surface area (Å²) in [6, 6.07) is 75.4. The monoisotopic (exact) mass is 952 g/mol. The van der Waals surface area contributed by atoms with E-state index < -0.39 is 0 Å². The summed E-state index contributed by atoms with van der Waals surface area (Å²) >= 11 is 0. The van der Waals surface area contributed by atoms with Gasteiger partial charge >= 0.3 is 0 Å². The van der Waals surface area contributed by atoms with Gasteiger partial charge in [-0.1, -0.05) is 158 Å². The molecule has 0 fully saturated rings. The number of rotatable bonds is 8. The molecule has 2 heterocycles. The molecule has 4 heteroatoms. The normalized spacial score (nSPS) is 11.9. The van der Waals surface area contributed by atoms with E-state index in [1.165, 1.54) is 65.7 Å². The van der Waals surface area contributed by atoms with E-state index in [4.69, 9.17) is 8.83 Å². The number of furan rings is 2. The molecule has 0 saturated carbocycles. The van der Waals surface area contributed by atoms with Crippen LogP contribution >= 0.6 is 0 Å². The zero-order valence-electron chi connectivity index (χ0n) is 42.3. The molecule has 0 unspecified atom stereocenters. The molecule has 0 atom stereocenters. The summed E-state index contributed by atoms with van der Waals surface area (Å²) in [7, 11) is 0. The highest BCUT2D eigenvalue weighted by Gasteiger charge is 2.27. The predicted octanol–water partition coefficient (Wildman–Crippen LogP) is 20.5. The van der Waals surface area contributed by atoms with Crippen LogP contribution in [0.15, 0.2) is 215 Å². The van der Waals surface area contributed by atoms with Crippen LogP contribution in [-0.4, -0.2) is 0 Å². The Morgan fingerprint density at radius 3 is 1.16 bits per heavy atom. The fraction of sp³-hybridized carbons (Fsp3) is 0.0857. The van der Waals surface area contributed by atoms with Gasteiger partial charge in [-0.15, -0.1) is 0 Å². The van der Waals surface area contributed by atoms with Crippen molar-refractivity contribution in [2.45, 2.75) is 41.5 Å². The van der Waals surface area contributed by atoms with E-state index in [1.807, 2.05) is 12.1 Å². The van der Waals surface area contributed by atoms with E-state index in [9.17, 15) is 0 Å². The van der Waals surface area contributed by atoms with Crippen molar-refractivity contribution in [3.05, 3.63) is 240 Å². The number of hydrogen-bond acceptors (Lipinski definition) is 4. The highest BCUT2D eigenvalue weighted by atomic mass is 16.3. The van der Waals surface area contributed by atoms with Crippen molar-refractivity contribution in [1.82, 2.24) is 0 Å². The maximum absolute atomic E-state index is 6.66. The average molecular weight is 953 g/mol. The summed E-state index contributed by atoms with van der Waals surface area (Å²) < 4.78 is 13.3. The lowest BCUT2D eigenvalue weighted by molar-refractivity contribution is 0.669. The van der Waals surface area contributed by atoms with E-state index in [0.29, 0.717) is 0 Å². The van der Waals surface area contributed by atoms with Gasteiger partial charge in [-0.05, 0) is 156 Å². The molecule has 4 nitrogen and oxygen atoms in total. The van der Waals surface area contributed by atoms with E-state index in [1.54, 1.807) is 0 Å². The molecule has 0 amide bonds. The zero-order valence-corrected chi connectivity index (χ0v) is 42.3. The van der Waals surface area contributed by atoms with Gasteiger partial charge in [0.15, 0.2) is 0 Å². The number of hydrogen-bond donors (Lipinski definition) is 0. The number of nitrogens with zero attached hydrogens (tertiary/aromatic N) is 2. The van der Waals surface area contributed by atoms with E-state index in [2.05, 4.69) is 245 Å². The summed E-state index contributed by atoms with van der Waals surface area (Å²) in [4.78, 5) is 5.01. The molecule has 12 aromatic carbocycles. The van der Waals surface area contributed by atoms with E-state index >= 15 is 0 Å². The molecule has 354 valence electrons. The van der Waals surface area contributed by atoms with Crippen LogP contribution < -0.4 is 9.80 Å². The van der Waals surface area contributed by atoms with Gasteiger partial charge in [0, 0.05) is 54.8 Å². The Morgan fingerprint density at radius 2 is 0.716 bits per heavy atom. The lowest BCUT2D eigenvalue weighted by Gasteiger charge is -2.32. The fourth-order valence-corrected chi connectivity index (χ4v) is 12.3. The van der Waals surface area contributed by atoms with Crippen LogP contribution in [0.5, 0.6) is 0 Å². The maximum Gasteiger partial charge on any atom is 0.143 e. The van der Waals surface area contributed by atoms with Crippen LogP contribution in [0.4, 0.5) is 34.1 Å². The number of para-hydroxylation sites is 4. The van der Waals surface area contributed by atoms with Gasteiger partial charge < -0.3 is 18.6 Å². The molecule has 0 bridgehead atoms. The van der Waals surface area contributed by atoms with Gasteiger partial charge in [-0.3, -0.25) is 0 Å². The van der Waals surface area contributed by atoms with Crippen LogP contribution in [0.1, 0.15) is 33.4 Å². The Bertz CT molecular complexity index is 4300. The Balaban J connectivity index is 0.994. The molecule has 0 saturated heterocycles. The number of anilines is 6. The molecule has 14 aromatic rings. The first kappa shape index (κ1) is 43.7. The lowest BCUT2D eigenvalue weighted by atomic mass is 9.90. The smallest absolute Gasteiger partial charge is 0.143 e. The molecule has 0 spiro atoms. The first-order valence-corrected chi connectivity index (χ1v) is 25.7. The van der Waals surface area contributed by atoms with Crippen molar-refractivity contribution in [1.29, 1.82) is 0 Å². The van der Waals surface area contributed by atoms with Crippen LogP contribution in [-0.2, 0) is 0 Å². The van der Waals surface area contributed by atoms with Gasteiger partial charge in [-0.25, -0.2) is 0 Å². The quantitative estimate of drug-likeness (QED) is 0.142. The Kier molecular flexibility index (Phi) is 9.87. The van der Waals surface area contributed by atoms with Crippen molar-refractivity contribution in [3.63, 3.8) is 0 Å². The molecule has 0 aliphatic carbocycles. The largest absolute Gasteiger partial charge is 0.455 e. The lowest BCUT2D eigenvalue weighted by Crippen LogP contribution is -2.15. The van der Waals surface area contributed by atoms with Gasteiger partial charge in [0.1, 0.15) is 22.3 Å². The van der Waals surface area contributed by atoms with Crippen LogP contribution in [0.25, 0.3) is 98.4 Å². The summed E-state index contributed by atoms with van der Waals surface area (Å²) in [5, 5.41) is 11.8. The van der Waals surface area contributed by atoms with Crippen molar-refractivity contribution < 1.29 is 8.83 Å². The summed E-state index contributed by atoms with van der Waals surface area (Å²) in [5.74, 6) is 0. The Labute approximate surface area is 430 Å². The summed E-state index contributed by atoms with van der Waals surface area (Å²) in [5.41, 5.74) is 22.0. The minimum atomic E-state index is 0.899. The molecule has 0 aliphatic heterocycles. The third-order valence-corrected chi connectivity index (χ3v) is 15.7. The Hall–Kier alpha value is -9.12. The molecule has 0 radical (unpaired) electrons. The number of aryl methyl sites for hydroxylation is 4. The van der Waals surface area contributed by atoms with Gasteiger partial charge in [0.2, 0.25) is 0 Å². The van der Waals surface area contributed by atoms with Crippen molar-refractivity contribution >= 4 is 110 Å². The van der Waals surface area contributed by atoms with Crippen LogP contribution in [0.2, 0.25) is 0 Å². The van der Waals surface area contributed by atoms with Gasteiger partial charge in [0.25, 0.3) is 0 Å². The zero-order chi connectivity index (χ0) is 49.9. The van der Waals surface area contributed by atoms with Gasteiger partial charge in [0.05, 0.1) is 22.7 Å². The molecular weight excluding hydrogens is 901 g/mol. The Morgan fingerprint density at radius 1 is 0.311 bits per heavy atom. The predicted molar refractivity (Wildman–Crippen MR) is 313 cm³/mol.